The quantitative estimate of drug-likeness (QED) is 0.800. The fraction of sp³-hybridized carbons (Fsp3) is 0.938. The number of likely N-dealkylation sites (N-methyl/N-ethyl adjacent to an activating group) is 1. The number of carbonyl (C=O) groups is 1. The summed E-state index contributed by atoms with van der Waals surface area (Å²) in [5.41, 5.74) is 0. The molecule has 0 aromatic rings. The Morgan fingerprint density at radius 3 is 2.81 bits per heavy atom. The van der Waals surface area contributed by atoms with Gasteiger partial charge in [-0.25, -0.2) is 0 Å². The summed E-state index contributed by atoms with van der Waals surface area (Å²) in [4.78, 5) is 17.3. The average molecular weight is 296 g/mol. The lowest BCUT2D eigenvalue weighted by Crippen LogP contribution is -2.60. The van der Waals surface area contributed by atoms with Gasteiger partial charge in [-0.3, -0.25) is 9.69 Å². The van der Waals surface area contributed by atoms with Gasteiger partial charge >= 0.3 is 0 Å². The average Bonchev–Trinajstić information content (AvgIpc) is 2.73. The lowest BCUT2D eigenvalue weighted by molar-refractivity contribution is -0.128. The molecular formula is C16H32N4O. The van der Waals surface area contributed by atoms with E-state index in [1.807, 2.05) is 6.92 Å². The largest absolute Gasteiger partial charge is 0.355 e. The van der Waals surface area contributed by atoms with Gasteiger partial charge in [0.05, 0.1) is 0 Å². The number of rotatable bonds is 4. The molecule has 2 saturated heterocycles. The molecule has 2 rings (SSSR count). The summed E-state index contributed by atoms with van der Waals surface area (Å²) in [5.74, 6) is 0.190. The summed E-state index contributed by atoms with van der Waals surface area (Å²) in [6, 6.07) is 1.20. The minimum absolute atomic E-state index is 0.00861. The Morgan fingerprint density at radius 2 is 2.10 bits per heavy atom. The van der Waals surface area contributed by atoms with Crippen LogP contribution in [-0.4, -0.2) is 73.1 Å². The first-order valence-electron chi connectivity index (χ1n) is 8.61. The molecule has 0 aromatic carbocycles. The fourth-order valence-corrected chi connectivity index (χ4v) is 3.64. The number of hydrogen-bond donors (Lipinski definition) is 2. The molecule has 122 valence electrons. The highest BCUT2D eigenvalue weighted by Gasteiger charge is 2.34. The zero-order valence-corrected chi connectivity index (χ0v) is 13.9. The van der Waals surface area contributed by atoms with Crippen molar-refractivity contribution in [2.75, 3.05) is 39.3 Å². The van der Waals surface area contributed by atoms with E-state index in [4.69, 9.17) is 0 Å². The predicted molar refractivity (Wildman–Crippen MR) is 86.4 cm³/mol. The minimum atomic E-state index is 0.00861. The molecule has 2 atom stereocenters. The number of nitrogens with one attached hydrogen (secondary N) is 2. The third-order valence-electron chi connectivity index (χ3n) is 4.87. The standard InChI is InChI=1S/C16H32N4O/c1-4-18-16(21)15-12-17-8-11-20(15)14-6-5-9-19(10-7-14)13(2)3/h13-15,17H,4-12H2,1-3H3,(H,18,21). The van der Waals surface area contributed by atoms with E-state index in [-0.39, 0.29) is 11.9 Å². The number of likely N-dealkylation sites (tertiary alicyclic amines) is 1. The maximum absolute atomic E-state index is 12.3. The molecule has 0 saturated carbocycles. The lowest BCUT2D eigenvalue weighted by atomic mass is 10.0. The van der Waals surface area contributed by atoms with Crippen LogP contribution in [-0.2, 0) is 4.79 Å². The third kappa shape index (κ3) is 4.41. The Kier molecular flexibility index (Phi) is 6.45. The molecule has 2 fully saturated rings. The van der Waals surface area contributed by atoms with Crippen LogP contribution in [0.15, 0.2) is 0 Å². The Balaban J connectivity index is 1.98. The molecule has 21 heavy (non-hydrogen) atoms. The number of carbonyl (C=O) groups excluding carboxylic acids is 1. The SMILES string of the molecule is CCNC(=O)C1CNCCN1C1CCCN(C(C)C)CC1. The van der Waals surface area contributed by atoms with Gasteiger partial charge in [0.1, 0.15) is 6.04 Å². The first-order chi connectivity index (χ1) is 10.1. The third-order valence-corrected chi connectivity index (χ3v) is 4.87. The van der Waals surface area contributed by atoms with Crippen molar-refractivity contribution in [1.82, 2.24) is 20.4 Å². The van der Waals surface area contributed by atoms with E-state index in [9.17, 15) is 4.79 Å². The molecule has 0 bridgehead atoms. The van der Waals surface area contributed by atoms with Crippen LogP contribution in [0.1, 0.15) is 40.0 Å². The summed E-state index contributed by atoms with van der Waals surface area (Å²) in [5, 5.41) is 6.37. The summed E-state index contributed by atoms with van der Waals surface area (Å²) in [6.07, 6.45) is 3.65. The molecule has 2 aliphatic rings. The van der Waals surface area contributed by atoms with E-state index >= 15 is 0 Å². The van der Waals surface area contributed by atoms with Crippen molar-refractivity contribution in [3.63, 3.8) is 0 Å². The van der Waals surface area contributed by atoms with Crippen molar-refractivity contribution in [1.29, 1.82) is 0 Å². The van der Waals surface area contributed by atoms with Gasteiger partial charge in [0.15, 0.2) is 0 Å². The molecule has 5 heteroatoms. The van der Waals surface area contributed by atoms with Gasteiger partial charge in [-0.05, 0) is 53.1 Å². The van der Waals surface area contributed by atoms with Gasteiger partial charge in [-0.15, -0.1) is 0 Å². The summed E-state index contributed by atoms with van der Waals surface area (Å²) in [6.45, 7) is 12.4. The maximum atomic E-state index is 12.3. The van der Waals surface area contributed by atoms with Gasteiger partial charge in [-0.2, -0.15) is 0 Å². The molecule has 2 heterocycles. The van der Waals surface area contributed by atoms with Gasteiger partial charge in [0, 0.05) is 38.3 Å². The lowest BCUT2D eigenvalue weighted by Gasteiger charge is -2.40. The molecule has 2 aliphatic heterocycles. The van der Waals surface area contributed by atoms with Crippen LogP contribution < -0.4 is 10.6 Å². The molecule has 0 aliphatic carbocycles. The van der Waals surface area contributed by atoms with Crippen LogP contribution in [0, 0.1) is 0 Å². The van der Waals surface area contributed by atoms with Crippen LogP contribution in [0.4, 0.5) is 0 Å². The van der Waals surface area contributed by atoms with Crippen LogP contribution >= 0.6 is 0 Å². The zero-order chi connectivity index (χ0) is 15.2. The van der Waals surface area contributed by atoms with Gasteiger partial charge in [-0.1, -0.05) is 0 Å². The van der Waals surface area contributed by atoms with Crippen LogP contribution in [0.5, 0.6) is 0 Å². The van der Waals surface area contributed by atoms with E-state index in [2.05, 4.69) is 34.3 Å². The van der Waals surface area contributed by atoms with Crippen molar-refractivity contribution in [3.8, 4) is 0 Å². The highest BCUT2D eigenvalue weighted by atomic mass is 16.2. The number of piperazine rings is 1. The molecule has 2 unspecified atom stereocenters. The van der Waals surface area contributed by atoms with E-state index < -0.39 is 0 Å². The monoisotopic (exact) mass is 296 g/mol. The number of nitrogens with zero attached hydrogens (tertiary/aromatic N) is 2. The Bertz CT molecular complexity index is 334. The fourth-order valence-electron chi connectivity index (χ4n) is 3.64. The van der Waals surface area contributed by atoms with Crippen molar-refractivity contribution < 1.29 is 4.79 Å². The molecule has 0 aromatic heterocycles. The molecule has 2 N–H and O–H groups in total. The van der Waals surface area contributed by atoms with E-state index in [0.717, 1.165) is 32.7 Å². The number of amides is 1. The Morgan fingerprint density at radius 1 is 1.29 bits per heavy atom. The van der Waals surface area contributed by atoms with Crippen molar-refractivity contribution in [2.24, 2.45) is 0 Å². The number of hydrogen-bond acceptors (Lipinski definition) is 4. The van der Waals surface area contributed by atoms with Crippen molar-refractivity contribution in [3.05, 3.63) is 0 Å². The second kappa shape index (κ2) is 8.11. The first-order valence-corrected chi connectivity index (χ1v) is 8.61. The molecular weight excluding hydrogens is 264 g/mol. The summed E-state index contributed by atoms with van der Waals surface area (Å²) in [7, 11) is 0. The molecule has 0 spiro atoms. The van der Waals surface area contributed by atoms with Gasteiger partial charge < -0.3 is 15.5 Å². The Labute approximate surface area is 129 Å². The van der Waals surface area contributed by atoms with Gasteiger partial charge in [0.25, 0.3) is 0 Å². The predicted octanol–water partition coefficient (Wildman–Crippen LogP) is 0.659. The second-order valence-electron chi connectivity index (χ2n) is 6.57. The summed E-state index contributed by atoms with van der Waals surface area (Å²) >= 11 is 0. The highest BCUT2D eigenvalue weighted by molar-refractivity contribution is 5.82. The normalized spacial score (nSPS) is 29.3. The van der Waals surface area contributed by atoms with E-state index in [0.29, 0.717) is 12.1 Å². The highest BCUT2D eigenvalue weighted by Crippen LogP contribution is 2.21. The van der Waals surface area contributed by atoms with E-state index in [1.54, 1.807) is 0 Å². The molecule has 1 amide bonds. The van der Waals surface area contributed by atoms with E-state index in [1.165, 1.54) is 25.8 Å². The summed E-state index contributed by atoms with van der Waals surface area (Å²) < 4.78 is 0. The van der Waals surface area contributed by atoms with Crippen molar-refractivity contribution in [2.45, 2.75) is 58.2 Å². The maximum Gasteiger partial charge on any atom is 0.238 e. The van der Waals surface area contributed by atoms with Gasteiger partial charge in [0.2, 0.25) is 5.91 Å². The zero-order valence-electron chi connectivity index (χ0n) is 13.9. The molecule has 5 nitrogen and oxygen atoms in total. The van der Waals surface area contributed by atoms with Crippen LogP contribution in [0.25, 0.3) is 0 Å². The first kappa shape index (κ1) is 16.7. The van der Waals surface area contributed by atoms with Crippen LogP contribution in [0.2, 0.25) is 0 Å². The Hall–Kier alpha value is -0.650. The molecule has 0 radical (unpaired) electrons. The van der Waals surface area contributed by atoms with Crippen molar-refractivity contribution >= 4 is 5.91 Å². The second-order valence-corrected chi connectivity index (χ2v) is 6.57. The minimum Gasteiger partial charge on any atom is -0.355 e. The van der Waals surface area contributed by atoms with Crippen LogP contribution in [0.3, 0.4) is 0 Å². The smallest absolute Gasteiger partial charge is 0.238 e. The topological polar surface area (TPSA) is 47.6 Å².